The first-order valence-corrected chi connectivity index (χ1v) is 9.48. The number of benzene rings is 1. The molecule has 0 spiro atoms. The number of hydrogen-bond acceptors (Lipinski definition) is 3. The standard InChI is InChI=1S/C20H29N3O2.ClH/c1-15(17-7-3-2-4-8-17)23-14-18(12-19(23)24)20(25)22-11-9-16-6-5-10-21-13-16;/h2-4,7-8,15-16,18,21H,5-6,9-14H2,1H3,(H,22,25);1H. The van der Waals surface area contributed by atoms with Gasteiger partial charge in [-0.15, -0.1) is 12.4 Å². The van der Waals surface area contributed by atoms with Crippen molar-refractivity contribution < 1.29 is 9.59 Å². The van der Waals surface area contributed by atoms with Crippen molar-refractivity contribution in [2.45, 2.75) is 38.6 Å². The van der Waals surface area contributed by atoms with Crippen LogP contribution in [0.1, 0.15) is 44.2 Å². The van der Waals surface area contributed by atoms with Gasteiger partial charge >= 0.3 is 0 Å². The summed E-state index contributed by atoms with van der Waals surface area (Å²) in [7, 11) is 0. The molecule has 1 aromatic rings. The normalized spacial score (nSPS) is 24.0. The minimum atomic E-state index is -0.219. The van der Waals surface area contributed by atoms with E-state index in [4.69, 9.17) is 0 Å². The Morgan fingerprint density at radius 2 is 2.12 bits per heavy atom. The smallest absolute Gasteiger partial charge is 0.225 e. The summed E-state index contributed by atoms with van der Waals surface area (Å²) in [5, 5.41) is 6.45. The van der Waals surface area contributed by atoms with Crippen molar-refractivity contribution in [2.75, 3.05) is 26.2 Å². The maximum absolute atomic E-state index is 12.4. The number of rotatable bonds is 6. The Hall–Kier alpha value is -1.59. The highest BCUT2D eigenvalue weighted by atomic mass is 35.5. The van der Waals surface area contributed by atoms with Gasteiger partial charge in [0.05, 0.1) is 12.0 Å². The lowest BCUT2D eigenvalue weighted by Gasteiger charge is -2.25. The minimum Gasteiger partial charge on any atom is -0.356 e. The number of piperidine rings is 1. The Bertz CT molecular complexity index is 590. The molecular formula is C20H30ClN3O2. The summed E-state index contributed by atoms with van der Waals surface area (Å²) >= 11 is 0. The number of carbonyl (C=O) groups is 2. The number of nitrogens with one attached hydrogen (secondary N) is 2. The first-order chi connectivity index (χ1) is 12.1. The number of halogens is 1. The molecule has 0 aromatic heterocycles. The van der Waals surface area contributed by atoms with Gasteiger partial charge in [-0.3, -0.25) is 9.59 Å². The molecule has 6 heteroatoms. The number of nitrogens with zero attached hydrogens (tertiary/aromatic N) is 1. The molecule has 1 aromatic carbocycles. The molecule has 144 valence electrons. The van der Waals surface area contributed by atoms with E-state index in [9.17, 15) is 9.59 Å². The molecule has 0 aliphatic carbocycles. The van der Waals surface area contributed by atoms with Gasteiger partial charge in [0.15, 0.2) is 0 Å². The number of amides is 2. The molecule has 2 fully saturated rings. The molecule has 2 aliphatic rings. The molecule has 5 nitrogen and oxygen atoms in total. The third-order valence-corrected chi connectivity index (χ3v) is 5.53. The third kappa shape index (κ3) is 5.21. The highest BCUT2D eigenvalue weighted by Gasteiger charge is 2.36. The molecule has 0 radical (unpaired) electrons. The summed E-state index contributed by atoms with van der Waals surface area (Å²) in [6, 6.07) is 10.0. The van der Waals surface area contributed by atoms with Crippen molar-refractivity contribution in [1.29, 1.82) is 0 Å². The topological polar surface area (TPSA) is 61.4 Å². The van der Waals surface area contributed by atoms with Crippen LogP contribution >= 0.6 is 12.4 Å². The fourth-order valence-corrected chi connectivity index (χ4v) is 3.91. The van der Waals surface area contributed by atoms with Gasteiger partial charge in [0.25, 0.3) is 0 Å². The van der Waals surface area contributed by atoms with Gasteiger partial charge < -0.3 is 15.5 Å². The fourth-order valence-electron chi connectivity index (χ4n) is 3.91. The van der Waals surface area contributed by atoms with Gasteiger partial charge in [0.1, 0.15) is 0 Å². The largest absolute Gasteiger partial charge is 0.356 e. The Balaban J connectivity index is 0.00000243. The summed E-state index contributed by atoms with van der Waals surface area (Å²) in [6.45, 7) is 5.43. The summed E-state index contributed by atoms with van der Waals surface area (Å²) < 4.78 is 0. The average molecular weight is 380 g/mol. The van der Waals surface area contributed by atoms with Gasteiger partial charge in [-0.25, -0.2) is 0 Å². The van der Waals surface area contributed by atoms with Crippen LogP contribution in [-0.4, -0.2) is 42.9 Å². The second kappa shape index (κ2) is 9.93. The van der Waals surface area contributed by atoms with Crippen LogP contribution in [0.3, 0.4) is 0 Å². The van der Waals surface area contributed by atoms with E-state index in [1.165, 1.54) is 12.8 Å². The molecule has 2 heterocycles. The van der Waals surface area contributed by atoms with Crippen molar-refractivity contribution >= 4 is 24.2 Å². The first kappa shape index (κ1) is 20.7. The van der Waals surface area contributed by atoms with Crippen LogP contribution in [0.5, 0.6) is 0 Å². The maximum Gasteiger partial charge on any atom is 0.225 e. The number of likely N-dealkylation sites (tertiary alicyclic amines) is 1. The van der Waals surface area contributed by atoms with Gasteiger partial charge in [-0.05, 0) is 50.8 Å². The van der Waals surface area contributed by atoms with E-state index < -0.39 is 0 Å². The molecule has 2 aliphatic heterocycles. The summed E-state index contributed by atoms with van der Waals surface area (Å²) in [6.07, 6.45) is 3.81. The predicted molar refractivity (Wildman–Crippen MR) is 105 cm³/mol. The average Bonchev–Trinajstić information content (AvgIpc) is 3.04. The Labute approximate surface area is 162 Å². The van der Waals surface area contributed by atoms with Crippen LogP contribution in [0.15, 0.2) is 30.3 Å². The molecule has 0 bridgehead atoms. The molecule has 2 amide bonds. The molecule has 3 atom stereocenters. The molecule has 26 heavy (non-hydrogen) atoms. The second-order valence-electron chi connectivity index (χ2n) is 7.33. The van der Waals surface area contributed by atoms with E-state index in [0.29, 0.717) is 25.4 Å². The van der Waals surface area contributed by atoms with Crippen LogP contribution < -0.4 is 10.6 Å². The molecule has 3 rings (SSSR count). The molecular weight excluding hydrogens is 350 g/mol. The predicted octanol–water partition coefficient (Wildman–Crippen LogP) is 2.52. The summed E-state index contributed by atoms with van der Waals surface area (Å²) in [5.74, 6) is 0.546. The third-order valence-electron chi connectivity index (χ3n) is 5.53. The SMILES string of the molecule is CC(c1ccccc1)N1CC(C(=O)NCCC2CCCNC2)CC1=O.Cl. The molecule has 2 saturated heterocycles. The van der Waals surface area contributed by atoms with Crippen molar-refractivity contribution in [3.05, 3.63) is 35.9 Å². The zero-order chi connectivity index (χ0) is 17.6. The minimum absolute atomic E-state index is 0. The van der Waals surface area contributed by atoms with Gasteiger partial charge in [0.2, 0.25) is 11.8 Å². The monoisotopic (exact) mass is 379 g/mol. The lowest BCUT2D eigenvalue weighted by molar-refractivity contribution is -0.130. The van der Waals surface area contributed by atoms with Gasteiger partial charge in [-0.1, -0.05) is 30.3 Å². The Morgan fingerprint density at radius 3 is 2.81 bits per heavy atom. The Kier molecular flexibility index (Phi) is 7.91. The van der Waals surface area contributed by atoms with E-state index in [-0.39, 0.29) is 36.2 Å². The van der Waals surface area contributed by atoms with Gasteiger partial charge in [-0.2, -0.15) is 0 Å². The van der Waals surface area contributed by atoms with Crippen LogP contribution in [0.25, 0.3) is 0 Å². The zero-order valence-corrected chi connectivity index (χ0v) is 16.3. The van der Waals surface area contributed by atoms with Crippen molar-refractivity contribution in [2.24, 2.45) is 11.8 Å². The second-order valence-corrected chi connectivity index (χ2v) is 7.33. The zero-order valence-electron chi connectivity index (χ0n) is 15.4. The molecule has 0 saturated carbocycles. The van der Waals surface area contributed by atoms with E-state index in [1.54, 1.807) is 0 Å². The highest BCUT2D eigenvalue weighted by molar-refractivity contribution is 5.89. The summed E-state index contributed by atoms with van der Waals surface area (Å²) in [4.78, 5) is 26.6. The number of carbonyl (C=O) groups excluding carboxylic acids is 2. The Morgan fingerprint density at radius 1 is 1.35 bits per heavy atom. The van der Waals surface area contributed by atoms with E-state index >= 15 is 0 Å². The van der Waals surface area contributed by atoms with E-state index in [0.717, 1.165) is 25.1 Å². The first-order valence-electron chi connectivity index (χ1n) is 9.48. The molecule has 3 unspecified atom stereocenters. The van der Waals surface area contributed by atoms with Crippen LogP contribution in [0, 0.1) is 11.8 Å². The van der Waals surface area contributed by atoms with Crippen molar-refractivity contribution in [3.63, 3.8) is 0 Å². The quantitative estimate of drug-likeness (QED) is 0.798. The summed E-state index contributed by atoms with van der Waals surface area (Å²) in [5.41, 5.74) is 1.11. The number of hydrogen-bond donors (Lipinski definition) is 2. The van der Waals surface area contributed by atoms with Crippen LogP contribution in [0.2, 0.25) is 0 Å². The maximum atomic E-state index is 12.4. The molecule has 2 N–H and O–H groups in total. The van der Waals surface area contributed by atoms with Crippen LogP contribution in [-0.2, 0) is 9.59 Å². The van der Waals surface area contributed by atoms with Crippen molar-refractivity contribution in [3.8, 4) is 0 Å². The van der Waals surface area contributed by atoms with Crippen molar-refractivity contribution in [1.82, 2.24) is 15.5 Å². The fraction of sp³-hybridized carbons (Fsp3) is 0.600. The highest BCUT2D eigenvalue weighted by Crippen LogP contribution is 2.28. The lowest BCUT2D eigenvalue weighted by atomic mass is 9.96. The van der Waals surface area contributed by atoms with E-state index in [2.05, 4.69) is 10.6 Å². The van der Waals surface area contributed by atoms with Gasteiger partial charge in [0, 0.05) is 19.5 Å². The van der Waals surface area contributed by atoms with Crippen LogP contribution in [0.4, 0.5) is 0 Å². The van der Waals surface area contributed by atoms with E-state index in [1.807, 2.05) is 42.2 Å². The lowest BCUT2D eigenvalue weighted by Crippen LogP contribution is -2.36.